The molecule has 0 amide bonds. The van der Waals surface area contributed by atoms with Crippen LogP contribution in [0.2, 0.25) is 0 Å². The van der Waals surface area contributed by atoms with Crippen molar-refractivity contribution in [1.82, 2.24) is 10.2 Å². The molecular formula is C13H26N2O. The SMILES string of the molecule is COCCN(CC=C(C)C)CC1CCCN1. The van der Waals surface area contributed by atoms with Crippen molar-refractivity contribution in [1.29, 1.82) is 0 Å². The highest BCUT2D eigenvalue weighted by Crippen LogP contribution is 2.07. The zero-order chi connectivity index (χ0) is 11.8. The van der Waals surface area contributed by atoms with E-state index in [1.54, 1.807) is 7.11 Å². The fraction of sp³-hybridized carbons (Fsp3) is 0.846. The van der Waals surface area contributed by atoms with Crippen molar-refractivity contribution in [3.05, 3.63) is 11.6 Å². The van der Waals surface area contributed by atoms with Gasteiger partial charge < -0.3 is 10.1 Å². The van der Waals surface area contributed by atoms with Crippen LogP contribution in [-0.2, 0) is 4.74 Å². The highest BCUT2D eigenvalue weighted by molar-refractivity contribution is 4.95. The molecule has 94 valence electrons. The Bertz CT molecular complexity index is 206. The molecule has 0 aliphatic carbocycles. The minimum atomic E-state index is 0.683. The van der Waals surface area contributed by atoms with E-state index in [1.165, 1.54) is 25.0 Å². The zero-order valence-electron chi connectivity index (χ0n) is 11.0. The predicted molar refractivity (Wildman–Crippen MR) is 68.8 cm³/mol. The Hall–Kier alpha value is -0.380. The molecule has 0 aromatic rings. The van der Waals surface area contributed by atoms with Crippen molar-refractivity contribution >= 4 is 0 Å². The number of hydrogen-bond donors (Lipinski definition) is 1. The lowest BCUT2D eigenvalue weighted by atomic mass is 10.2. The molecule has 1 atom stereocenters. The first-order chi connectivity index (χ1) is 7.72. The summed E-state index contributed by atoms with van der Waals surface area (Å²) in [6.45, 7) is 9.54. The topological polar surface area (TPSA) is 24.5 Å². The summed E-state index contributed by atoms with van der Waals surface area (Å²) in [4.78, 5) is 2.47. The maximum atomic E-state index is 5.16. The molecule has 3 nitrogen and oxygen atoms in total. The van der Waals surface area contributed by atoms with E-state index >= 15 is 0 Å². The first-order valence-electron chi connectivity index (χ1n) is 6.30. The van der Waals surface area contributed by atoms with E-state index < -0.39 is 0 Å². The van der Waals surface area contributed by atoms with Gasteiger partial charge in [0.25, 0.3) is 0 Å². The highest BCUT2D eigenvalue weighted by Gasteiger charge is 2.16. The van der Waals surface area contributed by atoms with Crippen molar-refractivity contribution in [3.8, 4) is 0 Å². The number of allylic oxidation sites excluding steroid dienone is 1. The van der Waals surface area contributed by atoms with E-state index in [4.69, 9.17) is 4.74 Å². The molecule has 1 aliphatic heterocycles. The maximum absolute atomic E-state index is 5.16. The number of nitrogens with one attached hydrogen (secondary N) is 1. The molecular weight excluding hydrogens is 200 g/mol. The smallest absolute Gasteiger partial charge is 0.0589 e. The van der Waals surface area contributed by atoms with Crippen LogP contribution < -0.4 is 5.32 Å². The standard InChI is InChI=1S/C13H26N2O/c1-12(2)6-8-15(9-10-16-3)11-13-5-4-7-14-13/h6,13-14H,4-5,7-11H2,1-3H3. The fourth-order valence-electron chi connectivity index (χ4n) is 2.01. The van der Waals surface area contributed by atoms with Crippen LogP contribution in [0.25, 0.3) is 0 Å². The fourth-order valence-corrected chi connectivity index (χ4v) is 2.01. The zero-order valence-corrected chi connectivity index (χ0v) is 11.0. The Kier molecular flexibility index (Phi) is 6.69. The van der Waals surface area contributed by atoms with Crippen LogP contribution in [0.1, 0.15) is 26.7 Å². The molecule has 0 saturated carbocycles. The van der Waals surface area contributed by atoms with Crippen molar-refractivity contribution in [2.75, 3.05) is 39.9 Å². The highest BCUT2D eigenvalue weighted by atomic mass is 16.5. The second-order valence-corrected chi connectivity index (χ2v) is 4.83. The van der Waals surface area contributed by atoms with Gasteiger partial charge in [-0.1, -0.05) is 11.6 Å². The van der Waals surface area contributed by atoms with Gasteiger partial charge in [0.1, 0.15) is 0 Å². The lowest BCUT2D eigenvalue weighted by Gasteiger charge is -2.24. The largest absolute Gasteiger partial charge is 0.383 e. The van der Waals surface area contributed by atoms with E-state index in [2.05, 4.69) is 30.1 Å². The summed E-state index contributed by atoms with van der Waals surface area (Å²) in [7, 11) is 1.77. The van der Waals surface area contributed by atoms with E-state index in [-0.39, 0.29) is 0 Å². The molecule has 1 aliphatic rings. The predicted octanol–water partition coefficient (Wildman–Crippen LogP) is 1.65. The number of hydrogen-bond acceptors (Lipinski definition) is 3. The van der Waals surface area contributed by atoms with Gasteiger partial charge in [0.2, 0.25) is 0 Å². The van der Waals surface area contributed by atoms with Gasteiger partial charge in [0.05, 0.1) is 6.61 Å². The molecule has 0 radical (unpaired) electrons. The second kappa shape index (κ2) is 7.82. The van der Waals surface area contributed by atoms with E-state index in [0.29, 0.717) is 6.04 Å². The normalized spacial score (nSPS) is 20.4. The van der Waals surface area contributed by atoms with Crippen molar-refractivity contribution in [2.45, 2.75) is 32.7 Å². The van der Waals surface area contributed by atoms with E-state index in [9.17, 15) is 0 Å². The van der Waals surface area contributed by atoms with Crippen LogP contribution in [0, 0.1) is 0 Å². The van der Waals surface area contributed by atoms with Crippen LogP contribution in [0.5, 0.6) is 0 Å². The second-order valence-electron chi connectivity index (χ2n) is 4.83. The van der Waals surface area contributed by atoms with Crippen LogP contribution >= 0.6 is 0 Å². The third-order valence-electron chi connectivity index (χ3n) is 3.01. The van der Waals surface area contributed by atoms with Crippen LogP contribution in [0.3, 0.4) is 0 Å². The molecule has 1 N–H and O–H groups in total. The third-order valence-corrected chi connectivity index (χ3v) is 3.01. The van der Waals surface area contributed by atoms with Crippen LogP contribution in [-0.4, -0.2) is 50.8 Å². The Morgan fingerprint density at radius 3 is 2.88 bits per heavy atom. The molecule has 0 spiro atoms. The average Bonchev–Trinajstić information content (AvgIpc) is 2.74. The van der Waals surface area contributed by atoms with Gasteiger partial charge in [0, 0.05) is 32.8 Å². The molecule has 16 heavy (non-hydrogen) atoms. The van der Waals surface area contributed by atoms with Crippen molar-refractivity contribution in [2.24, 2.45) is 0 Å². The minimum Gasteiger partial charge on any atom is -0.383 e. The van der Waals surface area contributed by atoms with Gasteiger partial charge in [-0.05, 0) is 33.2 Å². The van der Waals surface area contributed by atoms with E-state index in [0.717, 1.165) is 26.2 Å². The summed E-state index contributed by atoms with van der Waals surface area (Å²) in [5, 5.41) is 3.55. The lowest BCUT2D eigenvalue weighted by molar-refractivity contribution is 0.149. The summed E-state index contributed by atoms with van der Waals surface area (Å²) in [5.41, 5.74) is 1.39. The summed E-state index contributed by atoms with van der Waals surface area (Å²) in [6.07, 6.45) is 4.94. The molecule has 1 rings (SSSR count). The average molecular weight is 226 g/mol. The van der Waals surface area contributed by atoms with Crippen LogP contribution in [0.4, 0.5) is 0 Å². The summed E-state index contributed by atoms with van der Waals surface area (Å²) in [5.74, 6) is 0. The molecule has 1 fully saturated rings. The van der Waals surface area contributed by atoms with Gasteiger partial charge in [-0.25, -0.2) is 0 Å². The summed E-state index contributed by atoms with van der Waals surface area (Å²) < 4.78 is 5.16. The third kappa shape index (κ3) is 5.64. The van der Waals surface area contributed by atoms with Gasteiger partial charge in [-0.2, -0.15) is 0 Å². The summed E-state index contributed by atoms with van der Waals surface area (Å²) >= 11 is 0. The van der Waals surface area contributed by atoms with Gasteiger partial charge in [-0.3, -0.25) is 4.90 Å². The number of ether oxygens (including phenoxy) is 1. The first kappa shape index (κ1) is 13.7. The van der Waals surface area contributed by atoms with Gasteiger partial charge >= 0.3 is 0 Å². The summed E-state index contributed by atoms with van der Waals surface area (Å²) in [6, 6.07) is 0.683. The monoisotopic (exact) mass is 226 g/mol. The molecule has 1 saturated heterocycles. The Balaban J connectivity index is 2.32. The number of nitrogens with zero attached hydrogens (tertiary/aromatic N) is 1. The van der Waals surface area contributed by atoms with Crippen molar-refractivity contribution < 1.29 is 4.74 Å². The Labute approximate surface area is 99.8 Å². The van der Waals surface area contributed by atoms with Gasteiger partial charge in [-0.15, -0.1) is 0 Å². The van der Waals surface area contributed by atoms with E-state index in [1.807, 2.05) is 0 Å². The number of methoxy groups -OCH3 is 1. The molecule has 1 unspecified atom stereocenters. The van der Waals surface area contributed by atoms with Crippen molar-refractivity contribution in [3.63, 3.8) is 0 Å². The lowest BCUT2D eigenvalue weighted by Crippen LogP contribution is -2.39. The Morgan fingerprint density at radius 1 is 1.50 bits per heavy atom. The Morgan fingerprint density at radius 2 is 2.31 bits per heavy atom. The van der Waals surface area contributed by atoms with Gasteiger partial charge in [0.15, 0.2) is 0 Å². The molecule has 1 heterocycles. The first-order valence-corrected chi connectivity index (χ1v) is 6.30. The number of rotatable bonds is 7. The molecule has 0 bridgehead atoms. The quantitative estimate of drug-likeness (QED) is 0.668. The minimum absolute atomic E-state index is 0.683. The maximum Gasteiger partial charge on any atom is 0.0589 e. The van der Waals surface area contributed by atoms with Crippen LogP contribution in [0.15, 0.2) is 11.6 Å². The molecule has 0 aromatic carbocycles. The molecule has 0 aromatic heterocycles. The molecule has 3 heteroatoms.